The summed E-state index contributed by atoms with van der Waals surface area (Å²) < 4.78 is 4.80. The average Bonchev–Trinajstić information content (AvgIpc) is 3.78. The number of anilines is 1. The van der Waals surface area contributed by atoms with Crippen LogP contribution in [0.1, 0.15) is 18.1 Å². The zero-order chi connectivity index (χ0) is 36.9. The van der Waals surface area contributed by atoms with E-state index in [0.29, 0.717) is 0 Å². The lowest BCUT2D eigenvalue weighted by Gasteiger charge is -2.29. The third kappa shape index (κ3) is 5.62. The Kier molecular flexibility index (Phi) is 8.12. The predicted octanol–water partition coefficient (Wildman–Crippen LogP) is 11.7. The van der Waals surface area contributed by atoms with Gasteiger partial charge in [-0.1, -0.05) is 127 Å². The molecule has 0 spiro atoms. The molecule has 0 radical (unpaired) electrons. The molecule has 0 saturated carbocycles. The Bertz CT molecular complexity index is 3110. The van der Waals surface area contributed by atoms with Gasteiger partial charge in [-0.25, -0.2) is 4.99 Å². The molecule has 2 aromatic heterocycles. The van der Waals surface area contributed by atoms with Gasteiger partial charge in [0, 0.05) is 54.5 Å². The van der Waals surface area contributed by atoms with Gasteiger partial charge in [-0.2, -0.15) is 0 Å². The van der Waals surface area contributed by atoms with E-state index in [1.54, 1.807) is 0 Å². The third-order valence-electron chi connectivity index (χ3n) is 10.7. The molecule has 1 aliphatic heterocycles. The van der Waals surface area contributed by atoms with Crippen LogP contribution in [0.2, 0.25) is 0 Å². The maximum absolute atomic E-state index is 5.60. The monoisotopic (exact) mass is 723 g/mol. The minimum Gasteiger partial charge on any atom is -0.328 e. The molecule has 4 heteroatoms. The summed E-state index contributed by atoms with van der Waals surface area (Å²) in [5.74, 6) is 0.944. The van der Waals surface area contributed by atoms with Gasteiger partial charge in [0.25, 0.3) is 0 Å². The second kappa shape index (κ2) is 13.6. The smallest absolute Gasteiger partial charge is 0.142 e. The molecule has 7 aromatic carbocycles. The maximum Gasteiger partial charge on any atom is 0.142 e. The molecule has 0 N–H and O–H groups in total. The number of allylic oxidation sites excluding steroid dienone is 2. The van der Waals surface area contributed by atoms with Crippen LogP contribution in [0.25, 0.3) is 71.7 Å². The Morgan fingerprint density at radius 3 is 2.04 bits per heavy atom. The van der Waals surface area contributed by atoms with Crippen molar-refractivity contribution in [3.05, 3.63) is 203 Å². The van der Waals surface area contributed by atoms with Crippen LogP contribution in [0, 0.1) is 0 Å². The summed E-state index contributed by atoms with van der Waals surface area (Å²) in [7, 11) is 2.15. The van der Waals surface area contributed by atoms with Gasteiger partial charge in [-0.15, -0.1) is 11.3 Å². The Labute approximate surface area is 324 Å². The van der Waals surface area contributed by atoms with Gasteiger partial charge >= 0.3 is 0 Å². The van der Waals surface area contributed by atoms with Gasteiger partial charge in [0.1, 0.15) is 5.82 Å². The molecule has 9 aromatic rings. The van der Waals surface area contributed by atoms with Gasteiger partial charge in [0.05, 0.1) is 22.4 Å². The topological polar surface area (TPSA) is 20.5 Å². The van der Waals surface area contributed by atoms with Crippen LogP contribution in [0.5, 0.6) is 0 Å². The molecule has 3 heterocycles. The predicted molar refractivity (Wildman–Crippen MR) is 236 cm³/mol. The van der Waals surface area contributed by atoms with E-state index in [2.05, 4.69) is 212 Å². The molecule has 0 atom stereocenters. The van der Waals surface area contributed by atoms with Crippen LogP contribution >= 0.6 is 11.3 Å². The SMILES string of the molecule is C\C=C/C=c1/sc2ccc(-c3ccc4c(c3)c3ccccc3n4-c3ccccc3)cc2/c1=C1\N=C(c2cccc(-c3ccccc3)c2)c2ccccc2N1C. The first-order valence-corrected chi connectivity index (χ1v) is 19.5. The number of fused-ring (bicyclic) bond motifs is 5. The van der Waals surface area contributed by atoms with Crippen molar-refractivity contribution in [2.45, 2.75) is 6.92 Å². The fraction of sp³-hybridized carbons (Fsp3) is 0.0392. The van der Waals surface area contributed by atoms with E-state index in [0.717, 1.165) is 39.3 Å². The van der Waals surface area contributed by atoms with E-state index in [-0.39, 0.29) is 0 Å². The van der Waals surface area contributed by atoms with Crippen molar-refractivity contribution < 1.29 is 0 Å². The largest absolute Gasteiger partial charge is 0.328 e. The first kappa shape index (κ1) is 32.9. The summed E-state index contributed by atoms with van der Waals surface area (Å²) in [6, 6.07) is 61.2. The number of para-hydroxylation sites is 3. The van der Waals surface area contributed by atoms with Crippen molar-refractivity contribution in [1.82, 2.24) is 4.57 Å². The number of benzene rings is 7. The highest BCUT2D eigenvalue weighted by Gasteiger charge is 2.24. The number of aliphatic imine (C=N–C) groups is 1. The van der Waals surface area contributed by atoms with Crippen LogP contribution in [-0.2, 0) is 0 Å². The molecule has 0 fully saturated rings. The highest BCUT2D eigenvalue weighted by molar-refractivity contribution is 7.17. The van der Waals surface area contributed by atoms with E-state index >= 15 is 0 Å². The molecule has 0 saturated heterocycles. The Morgan fingerprint density at radius 1 is 0.545 bits per heavy atom. The van der Waals surface area contributed by atoms with Gasteiger partial charge in [0.2, 0.25) is 0 Å². The fourth-order valence-corrected chi connectivity index (χ4v) is 9.17. The summed E-state index contributed by atoms with van der Waals surface area (Å²) in [5.41, 5.74) is 12.7. The molecule has 0 amide bonds. The summed E-state index contributed by atoms with van der Waals surface area (Å²) in [4.78, 5) is 7.87. The first-order valence-electron chi connectivity index (χ1n) is 18.7. The molecule has 55 heavy (non-hydrogen) atoms. The second-order valence-electron chi connectivity index (χ2n) is 14.0. The summed E-state index contributed by atoms with van der Waals surface area (Å²) in [6.07, 6.45) is 6.46. The van der Waals surface area contributed by atoms with Gasteiger partial charge < -0.3 is 9.47 Å². The lowest BCUT2D eigenvalue weighted by molar-refractivity contribution is 1.15. The number of hydrogen-bond donors (Lipinski definition) is 0. The summed E-state index contributed by atoms with van der Waals surface area (Å²) in [6.45, 7) is 2.07. The van der Waals surface area contributed by atoms with E-state index in [1.807, 2.05) is 11.3 Å². The molecule has 1 aliphatic rings. The molecule has 3 nitrogen and oxygen atoms in total. The minimum atomic E-state index is 0.944. The summed E-state index contributed by atoms with van der Waals surface area (Å²) in [5, 5.41) is 4.84. The summed E-state index contributed by atoms with van der Waals surface area (Å²) >= 11 is 1.82. The van der Waals surface area contributed by atoms with Crippen molar-refractivity contribution >= 4 is 66.5 Å². The Balaban J connectivity index is 1.21. The van der Waals surface area contributed by atoms with Crippen LogP contribution < -0.4 is 14.7 Å². The molecule has 0 aliphatic carbocycles. The van der Waals surface area contributed by atoms with Crippen LogP contribution in [-0.4, -0.2) is 17.3 Å². The lowest BCUT2D eigenvalue weighted by atomic mass is 9.95. The van der Waals surface area contributed by atoms with E-state index in [4.69, 9.17) is 4.99 Å². The molecule has 262 valence electrons. The number of rotatable bonds is 5. The fourth-order valence-electron chi connectivity index (χ4n) is 8.08. The van der Waals surface area contributed by atoms with E-state index in [9.17, 15) is 0 Å². The standard InChI is InChI=1S/C51H37N3S/c1-3-4-26-48-49(51-52-50(41-23-12-13-24-44(41)53(51)2)38-19-15-18-35(31-38)34-16-7-5-8-17-34)43-33-37(28-30-47(43)55-48)36-27-29-46-42(32-36)40-22-11-14-25-45(40)54(46)39-20-9-6-10-21-39/h3-33H,1-2H3/b4-3-,48-26+,51-49-. The zero-order valence-electron chi connectivity index (χ0n) is 30.6. The van der Waals surface area contributed by atoms with Gasteiger partial charge in [-0.05, 0) is 89.9 Å². The van der Waals surface area contributed by atoms with E-state index in [1.165, 1.54) is 58.7 Å². The molecule has 0 bridgehead atoms. The number of aromatic nitrogens is 1. The minimum absolute atomic E-state index is 0.944. The average molecular weight is 724 g/mol. The van der Waals surface area contributed by atoms with Crippen molar-refractivity contribution in [2.24, 2.45) is 4.99 Å². The lowest BCUT2D eigenvalue weighted by Crippen LogP contribution is -2.33. The maximum atomic E-state index is 5.60. The Hall–Kier alpha value is -6.75. The third-order valence-corrected chi connectivity index (χ3v) is 11.8. The molecule has 0 unspecified atom stereocenters. The number of hydrogen-bond acceptors (Lipinski definition) is 3. The van der Waals surface area contributed by atoms with Crippen LogP contribution in [0.15, 0.2) is 187 Å². The molecule has 10 rings (SSSR count). The quantitative estimate of drug-likeness (QED) is 0.173. The second-order valence-corrected chi connectivity index (χ2v) is 15.1. The molecular formula is C51H37N3S. The van der Waals surface area contributed by atoms with Crippen LogP contribution in [0.4, 0.5) is 5.69 Å². The van der Waals surface area contributed by atoms with Gasteiger partial charge in [-0.3, -0.25) is 0 Å². The van der Waals surface area contributed by atoms with Crippen molar-refractivity contribution in [3.8, 4) is 27.9 Å². The van der Waals surface area contributed by atoms with E-state index < -0.39 is 0 Å². The number of thiophene rings is 1. The highest BCUT2D eigenvalue weighted by Crippen LogP contribution is 2.37. The Morgan fingerprint density at radius 2 is 1.20 bits per heavy atom. The van der Waals surface area contributed by atoms with Crippen molar-refractivity contribution in [2.75, 3.05) is 11.9 Å². The number of nitrogens with zero attached hydrogens (tertiary/aromatic N) is 3. The normalized spacial score (nSPS) is 14.3. The zero-order valence-corrected chi connectivity index (χ0v) is 31.5. The van der Waals surface area contributed by atoms with Gasteiger partial charge in [0.15, 0.2) is 0 Å². The van der Waals surface area contributed by atoms with Crippen LogP contribution in [0.3, 0.4) is 0 Å². The molecular weight excluding hydrogens is 687 g/mol. The first-order chi connectivity index (χ1) is 27.2. The van der Waals surface area contributed by atoms with Crippen molar-refractivity contribution in [1.29, 1.82) is 0 Å². The highest BCUT2D eigenvalue weighted by atomic mass is 32.1. The van der Waals surface area contributed by atoms with Crippen molar-refractivity contribution in [3.63, 3.8) is 0 Å².